The largest absolute Gasteiger partial charge is 0.497 e. The van der Waals surface area contributed by atoms with E-state index < -0.39 is 0 Å². The summed E-state index contributed by atoms with van der Waals surface area (Å²) in [6.45, 7) is 0.577. The predicted molar refractivity (Wildman–Crippen MR) is 115 cm³/mol. The van der Waals surface area contributed by atoms with Crippen molar-refractivity contribution in [1.29, 1.82) is 0 Å². The molecule has 1 unspecified atom stereocenters. The van der Waals surface area contributed by atoms with Crippen molar-refractivity contribution in [2.75, 3.05) is 37.8 Å². The Morgan fingerprint density at radius 2 is 2.14 bits per heavy atom. The van der Waals surface area contributed by atoms with Crippen LogP contribution in [0.5, 0.6) is 5.75 Å². The van der Waals surface area contributed by atoms with Crippen molar-refractivity contribution in [1.82, 2.24) is 14.9 Å². The number of methoxy groups -OCH3 is 1. The number of pyridine rings is 1. The van der Waals surface area contributed by atoms with Crippen LogP contribution in [0.25, 0.3) is 10.9 Å². The highest BCUT2D eigenvalue weighted by Crippen LogP contribution is 2.35. The van der Waals surface area contributed by atoms with E-state index in [9.17, 15) is 9.59 Å². The number of Topliss-reactive ketones (excluding diaryl/α,β-unsaturated/α-hetero) is 1. The second-order valence-electron chi connectivity index (χ2n) is 7.12. The number of nitrogens with one attached hydrogen (secondary N) is 1. The first kappa shape index (κ1) is 19.3. The van der Waals surface area contributed by atoms with Crippen LogP contribution >= 0.6 is 11.9 Å². The fourth-order valence-corrected chi connectivity index (χ4v) is 4.63. The van der Waals surface area contributed by atoms with Gasteiger partial charge in [-0.15, -0.1) is 0 Å². The number of carbonyl (C=O) groups is 2. The number of hydrogen-bond acceptors (Lipinski definition) is 6. The first-order chi connectivity index (χ1) is 14.0. The molecule has 1 atom stereocenters. The third-order valence-electron chi connectivity index (χ3n) is 4.99. The molecule has 1 fully saturated rings. The van der Waals surface area contributed by atoms with Crippen LogP contribution in [0.15, 0.2) is 42.7 Å². The Bertz CT molecular complexity index is 1060. The first-order valence-corrected chi connectivity index (χ1v) is 10.2. The van der Waals surface area contributed by atoms with E-state index in [4.69, 9.17) is 4.74 Å². The van der Waals surface area contributed by atoms with Crippen LogP contribution in [0.4, 0.5) is 5.69 Å². The molecule has 1 N–H and O–H groups in total. The van der Waals surface area contributed by atoms with Gasteiger partial charge in [0.15, 0.2) is 5.78 Å². The fourth-order valence-electron chi connectivity index (χ4n) is 3.47. The number of anilines is 1. The van der Waals surface area contributed by atoms with E-state index in [2.05, 4.69) is 14.3 Å². The van der Waals surface area contributed by atoms with Crippen molar-refractivity contribution < 1.29 is 14.3 Å². The van der Waals surface area contributed by atoms with E-state index in [1.807, 2.05) is 30.3 Å². The van der Waals surface area contributed by atoms with Crippen LogP contribution in [0.2, 0.25) is 0 Å². The number of benzene rings is 1. The number of ether oxygens (including phenoxy) is 1. The molecule has 1 aliphatic heterocycles. The van der Waals surface area contributed by atoms with Gasteiger partial charge < -0.3 is 18.9 Å². The Balaban J connectivity index is 1.71. The molecule has 8 heteroatoms. The van der Waals surface area contributed by atoms with Crippen LogP contribution in [-0.2, 0) is 0 Å². The van der Waals surface area contributed by atoms with Gasteiger partial charge in [-0.25, -0.2) is 0 Å². The van der Waals surface area contributed by atoms with E-state index in [0.717, 1.165) is 11.1 Å². The number of ketones is 1. The molecule has 0 aliphatic carbocycles. The zero-order valence-electron chi connectivity index (χ0n) is 16.5. The summed E-state index contributed by atoms with van der Waals surface area (Å²) in [4.78, 5) is 35.1. The van der Waals surface area contributed by atoms with Crippen molar-refractivity contribution >= 4 is 40.2 Å². The lowest BCUT2D eigenvalue weighted by molar-refractivity contribution is 0.0813. The summed E-state index contributed by atoms with van der Waals surface area (Å²) in [6.07, 6.45) is 3.52. The number of aromatic amines is 1. The van der Waals surface area contributed by atoms with Gasteiger partial charge in [-0.1, -0.05) is 0 Å². The van der Waals surface area contributed by atoms with Gasteiger partial charge in [-0.05, 0) is 36.2 Å². The third kappa shape index (κ3) is 3.55. The van der Waals surface area contributed by atoms with Crippen LogP contribution in [0, 0.1) is 5.92 Å². The molecule has 7 nitrogen and oxygen atoms in total. The van der Waals surface area contributed by atoms with Gasteiger partial charge in [0.25, 0.3) is 5.91 Å². The summed E-state index contributed by atoms with van der Waals surface area (Å²) in [5.74, 6) is 0.867. The van der Waals surface area contributed by atoms with Crippen molar-refractivity contribution in [3.8, 4) is 5.75 Å². The van der Waals surface area contributed by atoms with E-state index in [1.165, 1.54) is 4.90 Å². The highest BCUT2D eigenvalue weighted by Gasteiger charge is 2.34. The molecule has 150 valence electrons. The quantitative estimate of drug-likeness (QED) is 0.514. The number of aromatic nitrogens is 2. The third-order valence-corrected chi connectivity index (χ3v) is 6.22. The Hall–Kier alpha value is -3.00. The predicted octanol–water partition coefficient (Wildman–Crippen LogP) is 3.24. The van der Waals surface area contributed by atoms with E-state index >= 15 is 0 Å². The molecule has 0 saturated carbocycles. The van der Waals surface area contributed by atoms with E-state index in [0.29, 0.717) is 34.8 Å². The van der Waals surface area contributed by atoms with Gasteiger partial charge in [-0.3, -0.25) is 14.6 Å². The van der Waals surface area contributed by atoms with Crippen molar-refractivity contribution in [3.05, 3.63) is 54.0 Å². The Labute approximate surface area is 173 Å². The maximum absolute atomic E-state index is 13.5. The minimum absolute atomic E-state index is 0.0227. The smallest absolute Gasteiger partial charge is 0.270 e. The lowest BCUT2D eigenvalue weighted by atomic mass is 9.96. The maximum atomic E-state index is 13.5. The summed E-state index contributed by atoms with van der Waals surface area (Å²) in [5.41, 5.74) is 2.47. The van der Waals surface area contributed by atoms with Crippen molar-refractivity contribution in [2.24, 2.45) is 5.92 Å². The van der Waals surface area contributed by atoms with Crippen LogP contribution in [0.1, 0.15) is 20.8 Å². The second kappa shape index (κ2) is 7.79. The van der Waals surface area contributed by atoms with E-state index in [-0.39, 0.29) is 17.6 Å². The molecule has 3 heterocycles. The number of rotatable bonds is 5. The molecule has 0 bridgehead atoms. The molecule has 0 spiro atoms. The average Bonchev–Trinajstić information content (AvgIpc) is 3.38. The standard InChI is InChI=1S/C21H22N4O3S/c1-24(2)21(27)19-18(16-7-6-15(28-3)9-17(16)23-19)20(26)13-11-25(29-12-13)14-5-4-8-22-10-14/h4-10,13,23H,11-12H2,1-3H3. The molecule has 29 heavy (non-hydrogen) atoms. The maximum Gasteiger partial charge on any atom is 0.270 e. The topological polar surface area (TPSA) is 78.5 Å². The normalized spacial score (nSPS) is 16.2. The number of carbonyl (C=O) groups excluding carboxylic acids is 2. The van der Waals surface area contributed by atoms with Gasteiger partial charge in [0.1, 0.15) is 11.4 Å². The molecule has 2 aromatic heterocycles. The van der Waals surface area contributed by atoms with Gasteiger partial charge >= 0.3 is 0 Å². The molecule has 1 amide bonds. The minimum atomic E-state index is -0.224. The number of hydrogen-bond donors (Lipinski definition) is 1. The van der Waals surface area contributed by atoms with Crippen LogP contribution in [-0.4, -0.2) is 60.1 Å². The number of nitrogens with zero attached hydrogens (tertiary/aromatic N) is 3. The van der Waals surface area contributed by atoms with Gasteiger partial charge in [0, 0.05) is 44.0 Å². The number of H-pyrrole nitrogens is 1. The van der Waals surface area contributed by atoms with Gasteiger partial charge in [0.2, 0.25) is 0 Å². The summed E-state index contributed by atoms with van der Waals surface area (Å²) in [5, 5.41) is 0.742. The summed E-state index contributed by atoms with van der Waals surface area (Å²) < 4.78 is 7.37. The summed E-state index contributed by atoms with van der Waals surface area (Å²) in [7, 11) is 4.95. The molecule has 3 aromatic rings. The van der Waals surface area contributed by atoms with Crippen molar-refractivity contribution in [3.63, 3.8) is 0 Å². The summed E-state index contributed by atoms with van der Waals surface area (Å²) in [6, 6.07) is 9.31. The molecule has 1 aromatic carbocycles. The molecule has 4 rings (SSSR count). The van der Waals surface area contributed by atoms with Crippen LogP contribution in [0.3, 0.4) is 0 Å². The molecular weight excluding hydrogens is 388 g/mol. The second-order valence-corrected chi connectivity index (χ2v) is 8.15. The number of amides is 1. The number of fused-ring (bicyclic) bond motifs is 1. The lowest BCUT2D eigenvalue weighted by Gasteiger charge is -2.16. The van der Waals surface area contributed by atoms with E-state index in [1.54, 1.807) is 45.5 Å². The fraction of sp³-hybridized carbons (Fsp3) is 0.286. The summed E-state index contributed by atoms with van der Waals surface area (Å²) >= 11 is 1.61. The SMILES string of the molecule is COc1ccc2c(C(=O)C3CSN(c4cccnc4)C3)c(C(=O)N(C)C)[nH]c2c1. The average molecular weight is 410 g/mol. The molecule has 0 radical (unpaired) electrons. The zero-order valence-corrected chi connectivity index (χ0v) is 17.3. The monoisotopic (exact) mass is 410 g/mol. The zero-order chi connectivity index (χ0) is 20.5. The van der Waals surface area contributed by atoms with Crippen LogP contribution < -0.4 is 9.04 Å². The Morgan fingerprint density at radius 1 is 1.31 bits per heavy atom. The highest BCUT2D eigenvalue weighted by molar-refractivity contribution is 8.00. The first-order valence-electron chi connectivity index (χ1n) is 9.25. The molecular formula is C21H22N4O3S. The highest BCUT2D eigenvalue weighted by atomic mass is 32.2. The van der Waals surface area contributed by atoms with Gasteiger partial charge in [-0.2, -0.15) is 0 Å². The minimum Gasteiger partial charge on any atom is -0.497 e. The Kier molecular flexibility index (Phi) is 5.19. The molecule has 1 aliphatic rings. The Morgan fingerprint density at radius 3 is 2.83 bits per heavy atom. The lowest BCUT2D eigenvalue weighted by Crippen LogP contribution is -2.27. The molecule has 1 saturated heterocycles. The van der Waals surface area contributed by atoms with Crippen molar-refractivity contribution in [2.45, 2.75) is 0 Å². The van der Waals surface area contributed by atoms with Gasteiger partial charge in [0.05, 0.1) is 36.0 Å².